The number of anilines is 2. The molecule has 1 aromatic carbocycles. The van der Waals surface area contributed by atoms with Crippen molar-refractivity contribution in [3.8, 4) is 0 Å². The minimum absolute atomic E-state index is 0.236. The Bertz CT molecular complexity index is 496. The van der Waals surface area contributed by atoms with E-state index in [0.717, 1.165) is 23.6 Å². The van der Waals surface area contributed by atoms with Crippen molar-refractivity contribution in [3.05, 3.63) is 54.0 Å². The fraction of sp³-hybridized carbons (Fsp3) is 0.214. The van der Waals surface area contributed by atoms with Gasteiger partial charge >= 0.3 is 0 Å². The van der Waals surface area contributed by atoms with Crippen molar-refractivity contribution in [2.45, 2.75) is 12.8 Å². The summed E-state index contributed by atoms with van der Waals surface area (Å²) in [5.74, 6) is 1.05. The van der Waals surface area contributed by atoms with Crippen molar-refractivity contribution in [1.29, 1.82) is 0 Å². The smallest absolute Gasteiger partial charge is 0.132 e. The molecular weight excluding hydrogens is 251 g/mol. The summed E-state index contributed by atoms with van der Waals surface area (Å²) >= 11 is 5.73. The highest BCUT2D eigenvalue weighted by Gasteiger charge is 2.08. The fourth-order valence-corrected chi connectivity index (χ4v) is 1.91. The summed E-state index contributed by atoms with van der Waals surface area (Å²) in [5.41, 5.74) is 1.90. The van der Waals surface area contributed by atoms with E-state index in [2.05, 4.69) is 4.98 Å². The minimum Gasteiger partial charge on any atom is -0.327 e. The van der Waals surface area contributed by atoms with Crippen LogP contribution in [0, 0.1) is 5.82 Å². The Morgan fingerprint density at radius 2 is 1.89 bits per heavy atom. The van der Waals surface area contributed by atoms with Gasteiger partial charge in [-0.2, -0.15) is 0 Å². The maximum Gasteiger partial charge on any atom is 0.132 e. The molecule has 0 bridgehead atoms. The lowest BCUT2D eigenvalue weighted by atomic mass is 10.2. The fourth-order valence-electron chi connectivity index (χ4n) is 1.75. The highest BCUT2D eigenvalue weighted by molar-refractivity contribution is 6.17. The van der Waals surface area contributed by atoms with Crippen LogP contribution in [0.2, 0.25) is 0 Å². The van der Waals surface area contributed by atoms with Gasteiger partial charge in [-0.05, 0) is 42.8 Å². The lowest BCUT2D eigenvalue weighted by Gasteiger charge is -2.22. The first kappa shape index (κ1) is 12.8. The third-order valence-corrected chi connectivity index (χ3v) is 3.00. The topological polar surface area (TPSA) is 16.1 Å². The van der Waals surface area contributed by atoms with E-state index in [-0.39, 0.29) is 5.82 Å². The molecule has 1 aromatic heterocycles. The molecule has 0 atom stereocenters. The Hall–Kier alpha value is -1.61. The van der Waals surface area contributed by atoms with Crippen LogP contribution in [0.1, 0.15) is 12.5 Å². The zero-order valence-electron chi connectivity index (χ0n) is 10.1. The number of halogens is 2. The van der Waals surface area contributed by atoms with Gasteiger partial charge < -0.3 is 4.90 Å². The van der Waals surface area contributed by atoms with Crippen LogP contribution >= 0.6 is 11.6 Å². The minimum atomic E-state index is -0.236. The van der Waals surface area contributed by atoms with Crippen molar-refractivity contribution in [1.82, 2.24) is 4.98 Å². The van der Waals surface area contributed by atoms with Crippen LogP contribution < -0.4 is 4.90 Å². The van der Waals surface area contributed by atoms with Crippen LogP contribution in [-0.4, -0.2) is 11.5 Å². The van der Waals surface area contributed by atoms with Gasteiger partial charge in [0, 0.05) is 24.3 Å². The molecule has 0 amide bonds. The standard InChI is InChI=1S/C14H14ClFN2/c1-2-18(13-6-4-12(16)5-7-13)14-8-3-11(9-15)10-17-14/h3-8,10H,2,9H2,1H3. The predicted octanol–water partition coefficient (Wildman–Crippen LogP) is 4.12. The van der Waals surface area contributed by atoms with Gasteiger partial charge in [-0.25, -0.2) is 9.37 Å². The molecule has 0 saturated heterocycles. The highest BCUT2D eigenvalue weighted by Crippen LogP contribution is 2.23. The summed E-state index contributed by atoms with van der Waals surface area (Å²) < 4.78 is 12.9. The Morgan fingerprint density at radius 1 is 1.17 bits per heavy atom. The molecular formula is C14H14ClFN2. The van der Waals surface area contributed by atoms with Crippen molar-refractivity contribution in [2.75, 3.05) is 11.4 Å². The van der Waals surface area contributed by atoms with E-state index in [9.17, 15) is 4.39 Å². The Morgan fingerprint density at radius 3 is 2.39 bits per heavy atom. The number of hydrogen-bond donors (Lipinski definition) is 0. The van der Waals surface area contributed by atoms with Crippen molar-refractivity contribution in [3.63, 3.8) is 0 Å². The first-order valence-corrected chi connectivity index (χ1v) is 6.32. The van der Waals surface area contributed by atoms with E-state index in [0.29, 0.717) is 5.88 Å². The number of aromatic nitrogens is 1. The summed E-state index contributed by atoms with van der Waals surface area (Å²) in [4.78, 5) is 6.38. The van der Waals surface area contributed by atoms with Crippen LogP contribution in [0.15, 0.2) is 42.6 Å². The molecule has 0 aliphatic heterocycles. The molecule has 18 heavy (non-hydrogen) atoms. The Balaban J connectivity index is 2.29. The second kappa shape index (κ2) is 5.83. The van der Waals surface area contributed by atoms with Crippen molar-refractivity contribution in [2.24, 2.45) is 0 Å². The van der Waals surface area contributed by atoms with Crippen molar-refractivity contribution >= 4 is 23.1 Å². The van der Waals surface area contributed by atoms with E-state index in [1.165, 1.54) is 12.1 Å². The number of alkyl halides is 1. The molecule has 2 aromatic rings. The van der Waals surface area contributed by atoms with E-state index < -0.39 is 0 Å². The van der Waals surface area contributed by atoms with E-state index in [1.807, 2.05) is 24.0 Å². The number of nitrogens with zero attached hydrogens (tertiary/aromatic N) is 2. The molecule has 0 unspecified atom stereocenters. The van der Waals surface area contributed by atoms with E-state index in [4.69, 9.17) is 11.6 Å². The molecule has 0 spiro atoms. The molecule has 0 radical (unpaired) electrons. The van der Waals surface area contributed by atoms with E-state index in [1.54, 1.807) is 18.3 Å². The first-order valence-electron chi connectivity index (χ1n) is 5.78. The van der Waals surface area contributed by atoms with Gasteiger partial charge in [-0.3, -0.25) is 0 Å². The van der Waals surface area contributed by atoms with Crippen LogP contribution in [0.25, 0.3) is 0 Å². The molecule has 4 heteroatoms. The Labute approximate surface area is 111 Å². The summed E-state index contributed by atoms with van der Waals surface area (Å²) in [6.07, 6.45) is 1.76. The molecule has 2 nitrogen and oxygen atoms in total. The third-order valence-electron chi connectivity index (χ3n) is 2.69. The maximum absolute atomic E-state index is 12.9. The van der Waals surface area contributed by atoms with Gasteiger partial charge in [0.15, 0.2) is 0 Å². The first-order chi connectivity index (χ1) is 8.74. The number of hydrogen-bond acceptors (Lipinski definition) is 2. The average molecular weight is 265 g/mol. The van der Waals surface area contributed by atoms with Gasteiger partial charge in [0.05, 0.1) is 0 Å². The summed E-state index contributed by atoms with van der Waals surface area (Å²) in [6.45, 7) is 2.79. The number of pyridine rings is 1. The maximum atomic E-state index is 12.9. The molecule has 0 N–H and O–H groups in total. The highest BCUT2D eigenvalue weighted by atomic mass is 35.5. The lowest BCUT2D eigenvalue weighted by Crippen LogP contribution is -2.17. The van der Waals surface area contributed by atoms with E-state index >= 15 is 0 Å². The Kier molecular flexibility index (Phi) is 4.15. The quantitative estimate of drug-likeness (QED) is 0.773. The SMILES string of the molecule is CCN(c1ccc(F)cc1)c1ccc(CCl)cn1. The zero-order valence-corrected chi connectivity index (χ0v) is 10.9. The molecule has 94 valence electrons. The van der Waals surface area contributed by atoms with Crippen LogP contribution in [0.5, 0.6) is 0 Å². The third kappa shape index (κ3) is 2.79. The predicted molar refractivity (Wildman–Crippen MR) is 72.9 cm³/mol. The molecule has 0 aliphatic carbocycles. The normalized spacial score (nSPS) is 10.4. The average Bonchev–Trinajstić information content (AvgIpc) is 2.42. The molecule has 2 rings (SSSR count). The molecule has 0 fully saturated rings. The zero-order chi connectivity index (χ0) is 13.0. The largest absolute Gasteiger partial charge is 0.327 e. The number of benzene rings is 1. The second-order valence-corrected chi connectivity index (χ2v) is 4.15. The van der Waals surface area contributed by atoms with Gasteiger partial charge in [0.25, 0.3) is 0 Å². The summed E-state index contributed by atoms with van der Waals surface area (Å²) in [7, 11) is 0. The summed E-state index contributed by atoms with van der Waals surface area (Å²) in [5, 5.41) is 0. The number of rotatable bonds is 4. The monoisotopic (exact) mass is 264 g/mol. The van der Waals surface area contributed by atoms with Gasteiger partial charge in [0.1, 0.15) is 11.6 Å². The van der Waals surface area contributed by atoms with Gasteiger partial charge in [0.2, 0.25) is 0 Å². The molecule has 0 aliphatic rings. The van der Waals surface area contributed by atoms with Gasteiger partial charge in [-0.1, -0.05) is 6.07 Å². The van der Waals surface area contributed by atoms with Crippen LogP contribution in [-0.2, 0) is 5.88 Å². The molecule has 1 heterocycles. The van der Waals surface area contributed by atoms with Gasteiger partial charge in [-0.15, -0.1) is 11.6 Å². The van der Waals surface area contributed by atoms with Crippen LogP contribution in [0.4, 0.5) is 15.9 Å². The van der Waals surface area contributed by atoms with Crippen molar-refractivity contribution < 1.29 is 4.39 Å². The molecule has 0 saturated carbocycles. The van der Waals surface area contributed by atoms with Crippen LogP contribution in [0.3, 0.4) is 0 Å². The second-order valence-electron chi connectivity index (χ2n) is 3.88. The summed E-state index contributed by atoms with van der Waals surface area (Å²) in [6, 6.07) is 10.3. The lowest BCUT2D eigenvalue weighted by molar-refractivity contribution is 0.628.